The summed E-state index contributed by atoms with van der Waals surface area (Å²) in [6, 6.07) is -0.0160. The summed E-state index contributed by atoms with van der Waals surface area (Å²) in [5, 5.41) is 8.95. The maximum atomic E-state index is 13.1. The fraction of sp³-hybridized carbons (Fsp3) is 0.667. The number of hydrogen-bond acceptors (Lipinski definition) is 6. The van der Waals surface area contributed by atoms with Crippen molar-refractivity contribution in [3.63, 3.8) is 0 Å². The minimum absolute atomic E-state index is 0.0112. The Hall–Kier alpha value is -1.94. The first-order valence-corrected chi connectivity index (χ1v) is 7.99. The largest absolute Gasteiger partial charge is 0.433 e. The van der Waals surface area contributed by atoms with Crippen LogP contribution < -0.4 is 10.6 Å². The zero-order valence-corrected chi connectivity index (χ0v) is 14.1. The van der Waals surface area contributed by atoms with E-state index in [9.17, 15) is 18.0 Å². The van der Waals surface area contributed by atoms with Gasteiger partial charge in [-0.05, 0) is 12.0 Å². The number of hydrogen-bond donors (Lipinski definition) is 2. The highest BCUT2D eigenvalue weighted by Gasteiger charge is 2.35. The van der Waals surface area contributed by atoms with Crippen LogP contribution in [-0.2, 0) is 11.0 Å². The Kier molecular flexibility index (Phi) is 5.83. The van der Waals surface area contributed by atoms with Gasteiger partial charge in [0.05, 0.1) is 6.61 Å². The SMILES string of the molecule is CC(C)c1cc(C(F)(F)F)nc(N2CCN(C(=O)C(N)CO)CC2)n1. The number of amides is 1. The molecule has 1 unspecified atom stereocenters. The molecule has 10 heteroatoms. The molecule has 3 N–H and O–H groups in total. The summed E-state index contributed by atoms with van der Waals surface area (Å²) in [6.45, 7) is 4.23. The van der Waals surface area contributed by atoms with Gasteiger partial charge in [-0.1, -0.05) is 13.8 Å². The molecule has 25 heavy (non-hydrogen) atoms. The van der Waals surface area contributed by atoms with E-state index >= 15 is 0 Å². The molecule has 140 valence electrons. The van der Waals surface area contributed by atoms with Crippen molar-refractivity contribution < 1.29 is 23.1 Å². The number of anilines is 1. The maximum Gasteiger partial charge on any atom is 0.433 e. The summed E-state index contributed by atoms with van der Waals surface area (Å²) < 4.78 is 39.2. The van der Waals surface area contributed by atoms with Crippen LogP contribution >= 0.6 is 0 Å². The highest BCUT2D eigenvalue weighted by atomic mass is 19.4. The van der Waals surface area contributed by atoms with E-state index in [1.165, 1.54) is 4.90 Å². The van der Waals surface area contributed by atoms with Crippen LogP contribution in [0.1, 0.15) is 31.2 Å². The smallest absolute Gasteiger partial charge is 0.394 e. The van der Waals surface area contributed by atoms with Gasteiger partial charge in [0.15, 0.2) is 0 Å². The molecule has 1 atom stereocenters. The van der Waals surface area contributed by atoms with Gasteiger partial charge in [0.1, 0.15) is 11.7 Å². The van der Waals surface area contributed by atoms with Crippen molar-refractivity contribution in [3.05, 3.63) is 17.5 Å². The third-order valence-corrected chi connectivity index (χ3v) is 4.00. The Morgan fingerprint density at radius 3 is 2.36 bits per heavy atom. The quantitative estimate of drug-likeness (QED) is 0.815. The van der Waals surface area contributed by atoms with E-state index in [-0.39, 0.29) is 30.9 Å². The Morgan fingerprint density at radius 2 is 1.88 bits per heavy atom. The highest BCUT2D eigenvalue weighted by molar-refractivity contribution is 5.82. The molecular weight excluding hydrogens is 339 g/mol. The van der Waals surface area contributed by atoms with Gasteiger partial charge in [-0.2, -0.15) is 13.2 Å². The average Bonchev–Trinajstić information content (AvgIpc) is 2.59. The predicted molar refractivity (Wildman–Crippen MR) is 85.0 cm³/mol. The third kappa shape index (κ3) is 4.57. The molecule has 0 aromatic carbocycles. The molecule has 2 heterocycles. The van der Waals surface area contributed by atoms with Crippen LogP contribution in [-0.4, -0.2) is 64.7 Å². The number of carbonyl (C=O) groups is 1. The number of halogens is 3. The third-order valence-electron chi connectivity index (χ3n) is 4.00. The molecule has 0 spiro atoms. The number of alkyl halides is 3. The summed E-state index contributed by atoms with van der Waals surface area (Å²) in [7, 11) is 0. The van der Waals surface area contributed by atoms with Gasteiger partial charge in [0, 0.05) is 31.9 Å². The van der Waals surface area contributed by atoms with E-state index in [0.29, 0.717) is 18.8 Å². The summed E-state index contributed by atoms with van der Waals surface area (Å²) >= 11 is 0. The number of rotatable bonds is 4. The minimum atomic E-state index is -4.55. The monoisotopic (exact) mass is 361 g/mol. The van der Waals surface area contributed by atoms with Gasteiger partial charge in [-0.25, -0.2) is 9.97 Å². The van der Waals surface area contributed by atoms with Gasteiger partial charge in [-0.3, -0.25) is 4.79 Å². The maximum absolute atomic E-state index is 13.1. The van der Waals surface area contributed by atoms with Crippen LogP contribution in [0.5, 0.6) is 0 Å². The average molecular weight is 361 g/mol. The molecule has 1 amide bonds. The minimum Gasteiger partial charge on any atom is -0.394 e. The number of aliphatic hydroxyl groups excluding tert-OH is 1. The first-order chi connectivity index (χ1) is 11.6. The molecule has 1 aliphatic heterocycles. The number of aliphatic hydroxyl groups is 1. The highest BCUT2D eigenvalue weighted by Crippen LogP contribution is 2.30. The van der Waals surface area contributed by atoms with Gasteiger partial charge in [-0.15, -0.1) is 0 Å². The van der Waals surface area contributed by atoms with Crippen LogP contribution in [0.25, 0.3) is 0 Å². The second-order valence-corrected chi connectivity index (χ2v) is 6.23. The van der Waals surface area contributed by atoms with Crippen LogP contribution in [0.2, 0.25) is 0 Å². The van der Waals surface area contributed by atoms with Gasteiger partial charge < -0.3 is 20.6 Å². The fourth-order valence-electron chi connectivity index (χ4n) is 2.47. The van der Waals surface area contributed by atoms with Crippen molar-refractivity contribution in [1.29, 1.82) is 0 Å². The van der Waals surface area contributed by atoms with Crippen molar-refractivity contribution in [2.45, 2.75) is 32.0 Å². The fourth-order valence-corrected chi connectivity index (χ4v) is 2.47. The van der Waals surface area contributed by atoms with Gasteiger partial charge in [0.25, 0.3) is 0 Å². The standard InChI is InChI=1S/C15H22F3N5O2/c1-9(2)11-7-12(15(16,17)18)21-14(20-11)23-5-3-22(4-6-23)13(25)10(19)8-24/h7,9-10,24H,3-6,8,19H2,1-2H3. The van der Waals surface area contributed by atoms with Gasteiger partial charge in [0.2, 0.25) is 11.9 Å². The molecule has 1 aromatic heterocycles. The zero-order chi connectivity index (χ0) is 18.8. The van der Waals surface area contributed by atoms with Crippen LogP contribution in [0, 0.1) is 0 Å². The van der Waals surface area contributed by atoms with E-state index in [2.05, 4.69) is 9.97 Å². The van der Waals surface area contributed by atoms with Crippen molar-refractivity contribution in [2.75, 3.05) is 37.7 Å². The second-order valence-electron chi connectivity index (χ2n) is 6.23. The van der Waals surface area contributed by atoms with Crippen molar-refractivity contribution in [2.24, 2.45) is 5.73 Å². The summed E-state index contributed by atoms with van der Waals surface area (Å²) in [5.41, 5.74) is 4.86. The molecule has 7 nitrogen and oxygen atoms in total. The Morgan fingerprint density at radius 1 is 1.28 bits per heavy atom. The first kappa shape index (κ1) is 19.4. The Labute approximate surface area is 143 Å². The molecule has 0 bridgehead atoms. The molecule has 1 fully saturated rings. The molecule has 1 aromatic rings. The molecule has 0 saturated carbocycles. The zero-order valence-electron chi connectivity index (χ0n) is 14.1. The van der Waals surface area contributed by atoms with Crippen LogP contribution in [0.15, 0.2) is 6.07 Å². The second kappa shape index (κ2) is 7.52. The Balaban J connectivity index is 2.17. The van der Waals surface area contributed by atoms with E-state index in [1.54, 1.807) is 18.7 Å². The van der Waals surface area contributed by atoms with Crippen LogP contribution in [0.3, 0.4) is 0 Å². The topological polar surface area (TPSA) is 95.6 Å². The lowest BCUT2D eigenvalue weighted by Gasteiger charge is -2.36. The molecule has 0 aliphatic carbocycles. The molecular formula is C15H22F3N5O2. The lowest BCUT2D eigenvalue weighted by Crippen LogP contribution is -2.54. The van der Waals surface area contributed by atoms with Crippen LogP contribution in [0.4, 0.5) is 19.1 Å². The number of carbonyl (C=O) groups excluding carboxylic acids is 1. The Bertz CT molecular complexity index is 616. The van der Waals surface area contributed by atoms with Crippen molar-refractivity contribution in [3.8, 4) is 0 Å². The number of piperazine rings is 1. The van der Waals surface area contributed by atoms with E-state index in [1.807, 2.05) is 0 Å². The molecule has 1 aliphatic rings. The molecule has 1 saturated heterocycles. The number of nitrogens with two attached hydrogens (primary N) is 1. The van der Waals surface area contributed by atoms with Gasteiger partial charge >= 0.3 is 6.18 Å². The number of nitrogens with zero attached hydrogens (tertiary/aromatic N) is 4. The van der Waals surface area contributed by atoms with E-state index in [0.717, 1.165) is 6.07 Å². The summed E-state index contributed by atoms with van der Waals surface area (Å²) in [5.74, 6) is -0.541. The van der Waals surface area contributed by atoms with Crippen molar-refractivity contribution >= 4 is 11.9 Å². The molecule has 2 rings (SSSR count). The predicted octanol–water partition coefficient (Wildman–Crippen LogP) is 0.587. The lowest BCUT2D eigenvalue weighted by molar-refractivity contribution is -0.141. The van der Waals surface area contributed by atoms with Crippen molar-refractivity contribution in [1.82, 2.24) is 14.9 Å². The first-order valence-electron chi connectivity index (χ1n) is 7.99. The summed E-state index contributed by atoms with van der Waals surface area (Å²) in [6.07, 6.45) is -4.55. The lowest BCUT2D eigenvalue weighted by atomic mass is 10.1. The van der Waals surface area contributed by atoms with E-state index in [4.69, 9.17) is 10.8 Å². The molecule has 0 radical (unpaired) electrons. The number of aromatic nitrogens is 2. The summed E-state index contributed by atoms with van der Waals surface area (Å²) in [4.78, 5) is 22.9. The normalized spacial score (nSPS) is 17.1. The van der Waals surface area contributed by atoms with E-state index < -0.39 is 24.5 Å².